The highest BCUT2D eigenvalue weighted by atomic mass is 16.6. The number of fused-ring (bicyclic) bond motifs is 2. The van der Waals surface area contributed by atoms with Crippen LogP contribution < -0.4 is 5.32 Å². The second-order valence-corrected chi connectivity index (χ2v) is 10.4. The smallest absolute Gasteiger partial charge is 0.310 e. The van der Waals surface area contributed by atoms with Gasteiger partial charge in [0.1, 0.15) is 6.10 Å². The van der Waals surface area contributed by atoms with E-state index in [1.807, 2.05) is 0 Å². The van der Waals surface area contributed by atoms with Gasteiger partial charge in [-0.25, -0.2) is 0 Å². The van der Waals surface area contributed by atoms with Gasteiger partial charge >= 0.3 is 5.97 Å². The predicted molar refractivity (Wildman–Crippen MR) is 124 cm³/mol. The van der Waals surface area contributed by atoms with Gasteiger partial charge in [0.2, 0.25) is 0 Å². The van der Waals surface area contributed by atoms with Gasteiger partial charge in [0.15, 0.2) is 0 Å². The zero-order valence-electron chi connectivity index (χ0n) is 20.1. The number of carbonyl (C=O) groups excluding carboxylic acids is 1. The van der Waals surface area contributed by atoms with Gasteiger partial charge < -0.3 is 15.0 Å². The first-order valence-electron chi connectivity index (χ1n) is 12.8. The van der Waals surface area contributed by atoms with Crippen LogP contribution in [0.15, 0.2) is 11.1 Å². The van der Waals surface area contributed by atoms with Crippen molar-refractivity contribution in [3.8, 4) is 0 Å². The highest BCUT2D eigenvalue weighted by molar-refractivity contribution is 5.76. The number of nitrogens with one attached hydrogen (secondary N) is 1. The van der Waals surface area contributed by atoms with E-state index in [9.17, 15) is 4.79 Å². The largest absolute Gasteiger partial charge is 0.462 e. The molecule has 2 aliphatic carbocycles. The van der Waals surface area contributed by atoms with Gasteiger partial charge in [-0.05, 0) is 89.9 Å². The monoisotopic (exact) mass is 418 g/mol. The summed E-state index contributed by atoms with van der Waals surface area (Å²) in [5, 5.41) is 3.61. The molecule has 4 heteroatoms. The summed E-state index contributed by atoms with van der Waals surface area (Å²) in [6.07, 6.45) is 12.3. The quantitative estimate of drug-likeness (QED) is 0.264. The second kappa shape index (κ2) is 11.1. The summed E-state index contributed by atoms with van der Waals surface area (Å²) in [7, 11) is 0. The Morgan fingerprint density at radius 2 is 1.83 bits per heavy atom. The number of carbonyl (C=O) groups is 1. The number of nitrogens with zero attached hydrogens (tertiary/aromatic N) is 1. The number of hydrogen-bond donors (Lipinski definition) is 1. The number of ether oxygens (including phenoxy) is 1. The van der Waals surface area contributed by atoms with E-state index >= 15 is 0 Å². The average Bonchev–Trinajstić information content (AvgIpc) is 3.01. The molecule has 0 amide bonds. The SMILES string of the molecule is CCCCN(CCCC)CCCNCC1C(=O)O[C@@H]2C[C@@]3(C)CCCC(C)=C3C[C@H]12. The fourth-order valence-electron chi connectivity index (χ4n) is 6.13. The van der Waals surface area contributed by atoms with E-state index in [-0.39, 0.29) is 23.4 Å². The van der Waals surface area contributed by atoms with Crippen LogP contribution in [0.5, 0.6) is 0 Å². The molecular weight excluding hydrogens is 372 g/mol. The van der Waals surface area contributed by atoms with Gasteiger partial charge in [-0.1, -0.05) is 44.8 Å². The summed E-state index contributed by atoms with van der Waals surface area (Å²) < 4.78 is 5.90. The Morgan fingerprint density at radius 1 is 1.13 bits per heavy atom. The molecule has 0 spiro atoms. The third-order valence-corrected chi connectivity index (χ3v) is 8.03. The zero-order valence-corrected chi connectivity index (χ0v) is 20.1. The molecule has 1 saturated heterocycles. The Bertz CT molecular complexity index is 594. The third-order valence-electron chi connectivity index (χ3n) is 8.03. The van der Waals surface area contributed by atoms with Crippen molar-refractivity contribution in [3.05, 3.63) is 11.1 Å². The van der Waals surface area contributed by atoms with Crippen molar-refractivity contribution < 1.29 is 9.53 Å². The van der Waals surface area contributed by atoms with Crippen LogP contribution in [0.3, 0.4) is 0 Å². The number of esters is 1. The maximum atomic E-state index is 12.7. The topological polar surface area (TPSA) is 41.6 Å². The molecule has 30 heavy (non-hydrogen) atoms. The van der Waals surface area contributed by atoms with E-state index in [4.69, 9.17) is 4.74 Å². The molecule has 4 nitrogen and oxygen atoms in total. The lowest BCUT2D eigenvalue weighted by molar-refractivity contribution is -0.145. The molecule has 1 saturated carbocycles. The molecule has 3 aliphatic rings. The minimum absolute atomic E-state index is 0.0399. The Kier molecular flexibility index (Phi) is 8.82. The van der Waals surface area contributed by atoms with Crippen molar-refractivity contribution in [2.75, 3.05) is 32.7 Å². The summed E-state index contributed by atoms with van der Waals surface area (Å²) in [6, 6.07) is 0. The molecule has 4 atom stereocenters. The lowest BCUT2D eigenvalue weighted by Crippen LogP contribution is -2.41. The highest BCUT2D eigenvalue weighted by Gasteiger charge is 2.52. The van der Waals surface area contributed by atoms with Crippen molar-refractivity contribution in [1.82, 2.24) is 10.2 Å². The van der Waals surface area contributed by atoms with Crippen LogP contribution >= 0.6 is 0 Å². The molecule has 1 aliphatic heterocycles. The fourth-order valence-corrected chi connectivity index (χ4v) is 6.13. The summed E-state index contributed by atoms with van der Waals surface area (Å²) >= 11 is 0. The van der Waals surface area contributed by atoms with Crippen molar-refractivity contribution in [1.29, 1.82) is 0 Å². The summed E-state index contributed by atoms with van der Waals surface area (Å²) in [4.78, 5) is 15.3. The number of hydrogen-bond acceptors (Lipinski definition) is 4. The Morgan fingerprint density at radius 3 is 2.53 bits per heavy atom. The van der Waals surface area contributed by atoms with E-state index in [0.717, 1.165) is 32.4 Å². The first kappa shape index (κ1) is 23.8. The molecule has 1 N–H and O–H groups in total. The Hall–Kier alpha value is -0.870. The van der Waals surface area contributed by atoms with Gasteiger partial charge in [-0.2, -0.15) is 0 Å². The maximum Gasteiger partial charge on any atom is 0.310 e. The number of allylic oxidation sites excluding steroid dienone is 2. The average molecular weight is 419 g/mol. The van der Waals surface area contributed by atoms with E-state index in [0.29, 0.717) is 5.92 Å². The molecule has 0 aromatic carbocycles. The van der Waals surface area contributed by atoms with Crippen molar-refractivity contribution >= 4 is 5.97 Å². The molecule has 3 rings (SSSR count). The second-order valence-electron chi connectivity index (χ2n) is 10.4. The first-order valence-corrected chi connectivity index (χ1v) is 12.8. The first-order chi connectivity index (χ1) is 14.5. The Balaban J connectivity index is 1.46. The normalized spacial score (nSPS) is 31.1. The van der Waals surface area contributed by atoms with Crippen LogP contribution in [0.2, 0.25) is 0 Å². The highest BCUT2D eigenvalue weighted by Crippen LogP contribution is 2.54. The van der Waals surface area contributed by atoms with Crippen LogP contribution in [-0.4, -0.2) is 49.7 Å². The maximum absolute atomic E-state index is 12.7. The van der Waals surface area contributed by atoms with Gasteiger partial charge in [0.25, 0.3) is 0 Å². The lowest BCUT2D eigenvalue weighted by Gasteiger charge is -2.45. The fraction of sp³-hybridized carbons (Fsp3) is 0.885. The summed E-state index contributed by atoms with van der Waals surface area (Å²) in [6.45, 7) is 14.7. The van der Waals surface area contributed by atoms with Crippen LogP contribution in [0.1, 0.15) is 91.9 Å². The Labute approximate surface area is 185 Å². The minimum Gasteiger partial charge on any atom is -0.462 e. The molecule has 0 radical (unpaired) electrons. The van der Waals surface area contributed by atoms with Crippen molar-refractivity contribution in [3.63, 3.8) is 0 Å². The van der Waals surface area contributed by atoms with Crippen LogP contribution in [0.4, 0.5) is 0 Å². The van der Waals surface area contributed by atoms with Gasteiger partial charge in [0, 0.05) is 12.5 Å². The number of rotatable bonds is 12. The lowest BCUT2D eigenvalue weighted by atomic mass is 9.59. The number of unbranched alkanes of at least 4 members (excludes halogenated alkanes) is 2. The van der Waals surface area contributed by atoms with E-state index < -0.39 is 0 Å². The summed E-state index contributed by atoms with van der Waals surface area (Å²) in [5.74, 6) is 0.468. The zero-order chi connectivity index (χ0) is 21.6. The van der Waals surface area contributed by atoms with Crippen LogP contribution in [0.25, 0.3) is 0 Å². The molecule has 0 aromatic heterocycles. The van der Waals surface area contributed by atoms with Gasteiger partial charge in [0.05, 0.1) is 5.92 Å². The minimum atomic E-state index is 0.0399. The van der Waals surface area contributed by atoms with Crippen molar-refractivity contribution in [2.24, 2.45) is 17.3 Å². The van der Waals surface area contributed by atoms with Gasteiger partial charge in [-0.15, -0.1) is 0 Å². The van der Waals surface area contributed by atoms with Crippen LogP contribution in [0, 0.1) is 17.3 Å². The summed E-state index contributed by atoms with van der Waals surface area (Å²) in [5.41, 5.74) is 3.51. The molecule has 1 unspecified atom stereocenters. The standard InChI is InChI=1S/C26H46N2O2/c1-5-7-14-28(15-8-6-2)16-10-13-27-19-22-21-17-23-20(3)11-9-12-26(23,4)18-24(21)30-25(22)29/h21-22,24,27H,5-19H2,1-4H3/t21-,22?,24-,26-/m1/s1. The molecule has 2 fully saturated rings. The van der Waals surface area contributed by atoms with E-state index in [1.54, 1.807) is 11.1 Å². The van der Waals surface area contributed by atoms with Crippen LogP contribution in [-0.2, 0) is 9.53 Å². The molecule has 172 valence electrons. The predicted octanol–water partition coefficient (Wildman–Crippen LogP) is 5.33. The van der Waals surface area contributed by atoms with Crippen molar-refractivity contribution in [2.45, 2.75) is 98.0 Å². The molecule has 0 bridgehead atoms. The molecular formula is C26H46N2O2. The molecule has 0 aromatic rings. The van der Waals surface area contributed by atoms with Gasteiger partial charge in [-0.3, -0.25) is 4.79 Å². The van der Waals surface area contributed by atoms with E-state index in [2.05, 4.69) is 37.9 Å². The van der Waals surface area contributed by atoms with E-state index in [1.165, 1.54) is 64.6 Å². The molecule has 1 heterocycles. The third kappa shape index (κ3) is 5.68.